The van der Waals surface area contributed by atoms with Crippen molar-refractivity contribution in [3.8, 4) is 33.4 Å². The molecule has 0 saturated carbocycles. The summed E-state index contributed by atoms with van der Waals surface area (Å²) in [5, 5.41) is 17.2. The number of halogens is 3. The van der Waals surface area contributed by atoms with E-state index in [-0.39, 0.29) is 19.7 Å². The van der Waals surface area contributed by atoms with Crippen LogP contribution in [0.4, 0.5) is 0 Å². The summed E-state index contributed by atoms with van der Waals surface area (Å²) in [4.78, 5) is 0. The molecule has 338 valence electrons. The highest BCUT2D eigenvalue weighted by atomic mass is 79.9. The Morgan fingerprint density at radius 3 is 0.884 bits per heavy atom. The molecule has 0 spiro atoms. The molecule has 0 bridgehead atoms. The fourth-order valence-corrected chi connectivity index (χ4v) is 11.4. The van der Waals surface area contributed by atoms with E-state index in [0.717, 1.165) is 13.4 Å². The van der Waals surface area contributed by atoms with Crippen LogP contribution in [-0.2, 0) is 10.8 Å². The zero-order valence-corrected chi connectivity index (χ0v) is 41.6. The molecule has 0 atom stereocenters. The Hall–Kier alpha value is -6.38. The highest BCUT2D eigenvalue weighted by molar-refractivity contribution is 9.11. The maximum Gasteiger partial charge on any atom is 0.488 e. The largest absolute Gasteiger partial charge is 0.488 e. The van der Waals surface area contributed by atoms with Crippen molar-refractivity contribution in [2.75, 3.05) is 0 Å². The molecule has 6 heteroatoms. The number of hydrogen-bond donors (Lipinski definition) is 2. The van der Waals surface area contributed by atoms with Gasteiger partial charge in [0.15, 0.2) is 0 Å². The molecule has 0 heterocycles. The smallest absolute Gasteiger partial charge is 0.423 e. The SMILES string of the molecule is Brc1ccc2c(c1)C(c1ccccc1)(c1ccccc1)c1cc(-c3ccccc3)ccc1-2.Brc1ccc2c(c1)C(c1ccccc1)(c1ccccc1)c1cc(Br)ccc1-2.C.OB(O)c1ccccc1.[2HH]. The quantitative estimate of drug-likeness (QED) is 0.163. The molecule has 0 amide bonds. The van der Waals surface area contributed by atoms with Gasteiger partial charge in [-0.3, -0.25) is 0 Å². The van der Waals surface area contributed by atoms with Crippen LogP contribution in [-0.4, -0.2) is 17.2 Å². The normalized spacial score (nSPS) is 12.8. The minimum atomic E-state index is -1.34. The van der Waals surface area contributed by atoms with Crippen LogP contribution in [0.5, 0.6) is 0 Å². The van der Waals surface area contributed by atoms with Crippen molar-refractivity contribution >= 4 is 60.4 Å². The Morgan fingerprint density at radius 2 is 0.580 bits per heavy atom. The molecule has 0 aliphatic heterocycles. The molecule has 0 fully saturated rings. The van der Waals surface area contributed by atoms with Gasteiger partial charge in [-0.25, -0.2) is 0 Å². The fourth-order valence-electron chi connectivity index (χ4n) is 10.3. The van der Waals surface area contributed by atoms with Gasteiger partial charge in [-0.05, 0) is 126 Å². The summed E-state index contributed by atoms with van der Waals surface area (Å²) >= 11 is 11.2. The van der Waals surface area contributed by atoms with Crippen LogP contribution >= 0.6 is 47.8 Å². The molecule has 0 radical (unpaired) electrons. The summed E-state index contributed by atoms with van der Waals surface area (Å²) in [6, 6.07) is 89.8. The first-order valence-electron chi connectivity index (χ1n) is 22.5. The number of rotatable bonds is 6. The van der Waals surface area contributed by atoms with Crippen LogP contribution < -0.4 is 5.46 Å². The lowest BCUT2D eigenvalue weighted by molar-refractivity contribution is 0.426. The van der Waals surface area contributed by atoms with Gasteiger partial charge in [0.1, 0.15) is 0 Å². The van der Waals surface area contributed by atoms with Crippen LogP contribution in [0, 0.1) is 0 Å². The molecular weight excluding hydrogens is 1040 g/mol. The Bertz CT molecular complexity index is 3210. The summed E-state index contributed by atoms with van der Waals surface area (Å²) in [5.74, 6) is 0. The van der Waals surface area contributed by atoms with E-state index in [1.165, 1.54) is 77.9 Å². The van der Waals surface area contributed by atoms with E-state index >= 15 is 0 Å². The number of hydrogen-bond acceptors (Lipinski definition) is 2. The second-order valence-corrected chi connectivity index (χ2v) is 19.7. The summed E-state index contributed by atoms with van der Waals surface area (Å²) in [5.41, 5.74) is 18.0. The van der Waals surface area contributed by atoms with Crippen LogP contribution in [0.15, 0.2) is 268 Å². The van der Waals surface area contributed by atoms with Gasteiger partial charge in [-0.1, -0.05) is 268 Å². The Labute approximate surface area is 433 Å². The van der Waals surface area contributed by atoms with Gasteiger partial charge >= 0.3 is 7.12 Å². The van der Waals surface area contributed by atoms with E-state index in [1.54, 1.807) is 24.3 Å². The van der Waals surface area contributed by atoms with E-state index in [0.29, 0.717) is 5.46 Å². The molecule has 69 heavy (non-hydrogen) atoms. The van der Waals surface area contributed by atoms with E-state index in [1.807, 2.05) is 6.07 Å². The average molecular weight is 1090 g/mol. The molecule has 2 aliphatic carbocycles. The van der Waals surface area contributed by atoms with Crippen molar-refractivity contribution in [2.45, 2.75) is 18.3 Å². The van der Waals surface area contributed by atoms with Gasteiger partial charge in [0.2, 0.25) is 0 Å². The Balaban J connectivity index is 0.000000158. The first kappa shape index (κ1) is 47.7. The van der Waals surface area contributed by atoms with Gasteiger partial charge in [0.05, 0.1) is 10.8 Å². The third-order valence-electron chi connectivity index (χ3n) is 13.2. The van der Waals surface area contributed by atoms with Crippen LogP contribution in [0.1, 0.15) is 53.4 Å². The monoisotopic (exact) mass is 1090 g/mol. The Morgan fingerprint density at radius 1 is 0.304 bits per heavy atom. The predicted octanol–water partition coefficient (Wildman–Crippen LogP) is 16.3. The first-order chi connectivity index (χ1) is 33.3. The molecular formula is C63H50BBr3O2. The molecule has 2 aliphatic rings. The number of fused-ring (bicyclic) bond motifs is 6. The van der Waals surface area contributed by atoms with Gasteiger partial charge in [-0.15, -0.1) is 0 Å². The summed E-state index contributed by atoms with van der Waals surface area (Å²) in [6.07, 6.45) is 0. The molecule has 12 rings (SSSR count). The van der Waals surface area contributed by atoms with E-state index in [4.69, 9.17) is 10.0 Å². The molecule has 2 nitrogen and oxygen atoms in total. The van der Waals surface area contributed by atoms with Crippen molar-refractivity contribution in [3.05, 3.63) is 313 Å². The molecule has 0 saturated heterocycles. The Kier molecular flexibility index (Phi) is 14.3. The molecule has 10 aromatic carbocycles. The van der Waals surface area contributed by atoms with Crippen LogP contribution in [0.3, 0.4) is 0 Å². The van der Waals surface area contributed by atoms with Crippen molar-refractivity contribution in [1.82, 2.24) is 0 Å². The average Bonchev–Trinajstić information content (AvgIpc) is 3.84. The fraction of sp³-hybridized carbons (Fsp3) is 0.0476. The van der Waals surface area contributed by atoms with Crippen molar-refractivity contribution in [3.63, 3.8) is 0 Å². The maximum atomic E-state index is 8.58. The van der Waals surface area contributed by atoms with Gasteiger partial charge < -0.3 is 10.0 Å². The lowest BCUT2D eigenvalue weighted by atomic mass is 9.67. The van der Waals surface area contributed by atoms with Crippen LogP contribution in [0.25, 0.3) is 33.4 Å². The summed E-state index contributed by atoms with van der Waals surface area (Å²) in [6.45, 7) is 0. The highest BCUT2D eigenvalue weighted by Gasteiger charge is 2.47. The van der Waals surface area contributed by atoms with Crippen molar-refractivity contribution < 1.29 is 11.5 Å². The van der Waals surface area contributed by atoms with Crippen molar-refractivity contribution in [1.29, 1.82) is 0 Å². The molecule has 2 N–H and O–H groups in total. The second-order valence-electron chi connectivity index (χ2n) is 16.9. The topological polar surface area (TPSA) is 40.5 Å². The zero-order valence-electron chi connectivity index (χ0n) is 36.9. The molecule has 0 unspecified atom stereocenters. The van der Waals surface area contributed by atoms with E-state index in [2.05, 4.69) is 272 Å². The van der Waals surface area contributed by atoms with Crippen LogP contribution in [0.2, 0.25) is 0 Å². The second kappa shape index (κ2) is 20.7. The molecule has 10 aromatic rings. The van der Waals surface area contributed by atoms with Gasteiger partial charge in [-0.2, -0.15) is 0 Å². The van der Waals surface area contributed by atoms with Crippen molar-refractivity contribution in [2.24, 2.45) is 0 Å². The summed E-state index contributed by atoms with van der Waals surface area (Å²) in [7, 11) is -1.34. The highest BCUT2D eigenvalue weighted by Crippen LogP contribution is 2.58. The summed E-state index contributed by atoms with van der Waals surface area (Å²) < 4.78 is 3.30. The van der Waals surface area contributed by atoms with E-state index < -0.39 is 7.12 Å². The standard InChI is InChI=1S/C31H21Br.C25H16Br2.C6H7BO2.CH4.H2/c32-26-17-19-28-27-18-16-23(22-10-4-1-5-11-22)20-29(27)31(30(28)21-26,24-12-6-2-7-13-24)25-14-8-3-9-15-25;26-19-11-13-21-22-14-12-20(27)16-24(22)25(23(21)15-19,17-7-3-1-4-8-17)18-9-5-2-6-10-18;8-7(9)6-4-2-1-3-5-6;;/h1-21H;1-16H;1-5,8-9H;1H4;1H/i;;;;1+1. The third kappa shape index (κ3) is 8.82. The third-order valence-corrected chi connectivity index (χ3v) is 14.7. The maximum absolute atomic E-state index is 8.58. The number of benzene rings is 10. The minimum Gasteiger partial charge on any atom is -0.423 e. The van der Waals surface area contributed by atoms with Gasteiger partial charge in [0.25, 0.3) is 0 Å². The lowest BCUT2D eigenvalue weighted by Crippen LogP contribution is -2.29. The predicted molar refractivity (Wildman–Crippen MR) is 301 cm³/mol. The minimum absolute atomic E-state index is 0. The van der Waals surface area contributed by atoms with Gasteiger partial charge in [0, 0.05) is 14.8 Å². The molecule has 0 aromatic heterocycles. The lowest BCUT2D eigenvalue weighted by Gasteiger charge is -2.34. The zero-order chi connectivity index (χ0) is 46.7. The van der Waals surface area contributed by atoms with E-state index in [9.17, 15) is 0 Å². The first-order valence-corrected chi connectivity index (χ1v) is 24.9.